The molecule has 6 nitrogen and oxygen atoms in total. The van der Waals surface area contributed by atoms with E-state index in [1.807, 2.05) is 78.9 Å². The van der Waals surface area contributed by atoms with Gasteiger partial charge in [0.2, 0.25) is 11.8 Å². The Morgan fingerprint density at radius 2 is 1.47 bits per heavy atom. The molecule has 1 aliphatic rings. The van der Waals surface area contributed by atoms with Gasteiger partial charge in [-0.1, -0.05) is 91.0 Å². The van der Waals surface area contributed by atoms with Crippen molar-refractivity contribution in [1.29, 1.82) is 0 Å². The summed E-state index contributed by atoms with van der Waals surface area (Å²) >= 11 is 0. The fraction of sp³-hybridized carbons (Fsp3) is 0.231. The minimum absolute atomic E-state index is 0.223. The van der Waals surface area contributed by atoms with E-state index in [-0.39, 0.29) is 11.9 Å². The van der Waals surface area contributed by atoms with Crippen molar-refractivity contribution in [2.75, 3.05) is 13.7 Å². The Bertz CT molecular complexity index is 1040. The van der Waals surface area contributed by atoms with Crippen LogP contribution in [0.5, 0.6) is 0 Å². The van der Waals surface area contributed by atoms with Gasteiger partial charge >= 0.3 is 0 Å². The average molecular weight is 430 g/mol. The molecule has 2 amide bonds. The summed E-state index contributed by atoms with van der Waals surface area (Å²) < 4.78 is 6.28. The summed E-state index contributed by atoms with van der Waals surface area (Å²) in [7, 11) is 1.74. The van der Waals surface area contributed by atoms with Crippen molar-refractivity contribution in [2.24, 2.45) is 5.73 Å². The number of carbonyl (C=O) groups excluding carboxylic acids is 2. The van der Waals surface area contributed by atoms with Crippen molar-refractivity contribution < 1.29 is 14.3 Å². The zero-order valence-corrected chi connectivity index (χ0v) is 17.9. The zero-order chi connectivity index (χ0) is 22.5. The molecule has 0 bridgehead atoms. The lowest BCUT2D eigenvalue weighted by molar-refractivity contribution is -0.138. The van der Waals surface area contributed by atoms with Crippen LogP contribution in [-0.2, 0) is 14.3 Å². The minimum atomic E-state index is -0.904. The van der Waals surface area contributed by atoms with Gasteiger partial charge in [-0.05, 0) is 16.7 Å². The van der Waals surface area contributed by atoms with Crippen molar-refractivity contribution in [3.63, 3.8) is 0 Å². The molecule has 4 rings (SSSR count). The van der Waals surface area contributed by atoms with Crippen LogP contribution in [-0.4, -0.2) is 36.4 Å². The first kappa shape index (κ1) is 21.7. The van der Waals surface area contributed by atoms with Crippen LogP contribution >= 0.6 is 0 Å². The molecule has 3 aromatic carbocycles. The van der Waals surface area contributed by atoms with Gasteiger partial charge in [-0.25, -0.2) is 0 Å². The second kappa shape index (κ2) is 9.77. The number of nitrogens with two attached hydrogens (primary N) is 1. The van der Waals surface area contributed by atoms with E-state index >= 15 is 0 Å². The molecule has 32 heavy (non-hydrogen) atoms. The third-order valence-corrected chi connectivity index (χ3v) is 5.87. The number of likely N-dealkylation sites (N-methyl/N-ethyl adjacent to an activating group) is 1. The fourth-order valence-corrected chi connectivity index (χ4v) is 4.02. The Kier molecular flexibility index (Phi) is 6.63. The van der Waals surface area contributed by atoms with Gasteiger partial charge in [0.05, 0.1) is 12.6 Å². The standard InChI is InChI=1S/C26H27N3O3/c1-29-21(18-11-5-2-6-12-18)17-32-24(20-15-9-4-10-16-20)23(26(29)31)28-25(30)22(27)19-13-7-3-8-14-19/h2-16,21-24H,17,27H2,1H3,(H,28,30)/t21-,22-,23+,24-/m0/s1. The molecule has 0 radical (unpaired) electrons. The molecule has 164 valence electrons. The van der Waals surface area contributed by atoms with Crippen molar-refractivity contribution in [1.82, 2.24) is 10.2 Å². The normalized spacial score (nSPS) is 22.1. The number of nitrogens with zero attached hydrogens (tertiary/aromatic N) is 1. The van der Waals surface area contributed by atoms with Crippen LogP contribution in [0.2, 0.25) is 0 Å². The molecule has 0 saturated carbocycles. The van der Waals surface area contributed by atoms with E-state index in [1.165, 1.54) is 0 Å². The topological polar surface area (TPSA) is 84.7 Å². The first-order valence-electron chi connectivity index (χ1n) is 10.7. The summed E-state index contributed by atoms with van der Waals surface area (Å²) in [6.07, 6.45) is -0.633. The molecular weight excluding hydrogens is 402 g/mol. The van der Waals surface area contributed by atoms with Gasteiger partial charge in [-0.3, -0.25) is 9.59 Å². The number of rotatable bonds is 5. The number of nitrogens with one attached hydrogen (secondary N) is 1. The summed E-state index contributed by atoms with van der Waals surface area (Å²) in [6.45, 7) is 0.308. The van der Waals surface area contributed by atoms with E-state index in [9.17, 15) is 9.59 Å². The molecule has 1 aliphatic heterocycles. The summed E-state index contributed by atoms with van der Waals surface area (Å²) in [5.74, 6) is -0.649. The van der Waals surface area contributed by atoms with Crippen LogP contribution in [0.1, 0.15) is 34.9 Å². The zero-order valence-electron chi connectivity index (χ0n) is 17.9. The SMILES string of the molecule is CN1C(=O)[C@H](NC(=O)[C@@H](N)c2ccccc2)[C@H](c2ccccc2)OC[C@H]1c1ccccc1. The molecular formula is C26H27N3O3. The molecule has 0 aromatic heterocycles. The van der Waals surface area contributed by atoms with E-state index in [0.29, 0.717) is 12.2 Å². The van der Waals surface area contributed by atoms with Crippen molar-refractivity contribution in [2.45, 2.75) is 24.2 Å². The second-order valence-electron chi connectivity index (χ2n) is 7.91. The van der Waals surface area contributed by atoms with Gasteiger partial charge in [0.15, 0.2) is 0 Å². The Morgan fingerprint density at radius 3 is 2.06 bits per heavy atom. The Morgan fingerprint density at radius 1 is 0.938 bits per heavy atom. The third-order valence-electron chi connectivity index (χ3n) is 5.87. The predicted molar refractivity (Wildman–Crippen MR) is 122 cm³/mol. The Balaban J connectivity index is 1.65. The van der Waals surface area contributed by atoms with Crippen LogP contribution in [0.3, 0.4) is 0 Å². The number of benzene rings is 3. The minimum Gasteiger partial charge on any atom is -0.368 e. The maximum atomic E-state index is 13.6. The highest BCUT2D eigenvalue weighted by Gasteiger charge is 2.40. The lowest BCUT2D eigenvalue weighted by atomic mass is 9.99. The predicted octanol–water partition coefficient (Wildman–Crippen LogP) is 3.14. The van der Waals surface area contributed by atoms with Gasteiger partial charge in [0.25, 0.3) is 0 Å². The molecule has 1 fully saturated rings. The van der Waals surface area contributed by atoms with Gasteiger partial charge < -0.3 is 20.7 Å². The first-order valence-corrected chi connectivity index (χ1v) is 10.7. The van der Waals surface area contributed by atoms with E-state index in [2.05, 4.69) is 5.32 Å². The fourth-order valence-electron chi connectivity index (χ4n) is 4.02. The van der Waals surface area contributed by atoms with Gasteiger partial charge in [0.1, 0.15) is 18.2 Å². The van der Waals surface area contributed by atoms with Crippen LogP contribution in [0.25, 0.3) is 0 Å². The number of hydrogen-bond donors (Lipinski definition) is 2. The number of amides is 2. The summed E-state index contributed by atoms with van der Waals surface area (Å²) in [4.78, 5) is 28.3. The van der Waals surface area contributed by atoms with E-state index in [4.69, 9.17) is 10.5 Å². The molecule has 1 heterocycles. The monoisotopic (exact) mass is 429 g/mol. The first-order chi connectivity index (χ1) is 15.6. The number of hydrogen-bond acceptors (Lipinski definition) is 4. The van der Waals surface area contributed by atoms with Crippen LogP contribution < -0.4 is 11.1 Å². The van der Waals surface area contributed by atoms with E-state index in [0.717, 1.165) is 11.1 Å². The second-order valence-corrected chi connectivity index (χ2v) is 7.91. The largest absolute Gasteiger partial charge is 0.368 e. The Hall–Kier alpha value is -3.48. The van der Waals surface area contributed by atoms with Crippen molar-refractivity contribution >= 4 is 11.8 Å². The lowest BCUT2D eigenvalue weighted by Crippen LogP contribution is -2.51. The summed E-state index contributed by atoms with van der Waals surface area (Å²) in [5, 5.41) is 2.88. The molecule has 6 heteroatoms. The highest BCUT2D eigenvalue weighted by molar-refractivity contribution is 5.91. The summed E-state index contributed by atoms with van der Waals surface area (Å²) in [5.41, 5.74) is 8.67. The molecule has 1 saturated heterocycles. The lowest BCUT2D eigenvalue weighted by Gasteiger charge is -2.29. The molecule has 0 spiro atoms. The van der Waals surface area contributed by atoms with Gasteiger partial charge in [-0.15, -0.1) is 0 Å². The average Bonchev–Trinajstić information content (AvgIpc) is 2.97. The van der Waals surface area contributed by atoms with Gasteiger partial charge in [0, 0.05) is 7.05 Å². The van der Waals surface area contributed by atoms with E-state index in [1.54, 1.807) is 24.1 Å². The Labute approximate surface area is 188 Å². The van der Waals surface area contributed by atoms with Gasteiger partial charge in [-0.2, -0.15) is 0 Å². The highest BCUT2D eigenvalue weighted by atomic mass is 16.5. The molecule has 3 aromatic rings. The highest BCUT2D eigenvalue weighted by Crippen LogP contribution is 2.32. The quantitative estimate of drug-likeness (QED) is 0.653. The maximum Gasteiger partial charge on any atom is 0.248 e. The van der Waals surface area contributed by atoms with Crippen molar-refractivity contribution in [3.8, 4) is 0 Å². The van der Waals surface area contributed by atoms with E-state index < -0.39 is 24.1 Å². The van der Waals surface area contributed by atoms with Crippen LogP contribution in [0.4, 0.5) is 0 Å². The van der Waals surface area contributed by atoms with Crippen molar-refractivity contribution in [3.05, 3.63) is 108 Å². The maximum absolute atomic E-state index is 13.6. The molecule has 3 N–H and O–H groups in total. The van der Waals surface area contributed by atoms with Crippen LogP contribution in [0.15, 0.2) is 91.0 Å². The third kappa shape index (κ3) is 4.56. The number of ether oxygens (including phenoxy) is 1. The molecule has 0 unspecified atom stereocenters. The smallest absolute Gasteiger partial charge is 0.248 e. The summed E-state index contributed by atoms with van der Waals surface area (Å²) in [6, 6.07) is 26.3. The molecule has 0 aliphatic carbocycles. The number of carbonyl (C=O) groups is 2. The van der Waals surface area contributed by atoms with Crippen LogP contribution in [0, 0.1) is 0 Å². The molecule has 4 atom stereocenters.